The molecule has 4 nitrogen and oxygen atoms in total. The molecule has 1 aromatic carbocycles. The van der Waals surface area contributed by atoms with Crippen molar-refractivity contribution in [1.82, 2.24) is 14.9 Å². The van der Waals surface area contributed by atoms with E-state index in [1.165, 1.54) is 18.5 Å². The Morgan fingerprint density at radius 1 is 1.29 bits per heavy atom. The summed E-state index contributed by atoms with van der Waals surface area (Å²) in [6.45, 7) is 5.45. The van der Waals surface area contributed by atoms with Crippen LogP contribution in [0.15, 0.2) is 36.5 Å². The van der Waals surface area contributed by atoms with Crippen LogP contribution in [0.25, 0.3) is 5.69 Å². The average molecular weight is 285 g/mol. The number of hydrogen-bond donors (Lipinski definition) is 1. The van der Waals surface area contributed by atoms with E-state index in [2.05, 4.69) is 39.1 Å². The van der Waals surface area contributed by atoms with Crippen LogP contribution in [0.4, 0.5) is 0 Å². The third-order valence-electron chi connectivity index (χ3n) is 3.81. The second kappa shape index (κ2) is 6.87. The Morgan fingerprint density at radius 3 is 2.86 bits per heavy atom. The van der Waals surface area contributed by atoms with Crippen molar-refractivity contribution in [2.45, 2.75) is 26.3 Å². The highest BCUT2D eigenvalue weighted by molar-refractivity contribution is 5.35. The smallest absolute Gasteiger partial charge is 0.110 e. The molecule has 0 saturated heterocycles. The van der Waals surface area contributed by atoms with Crippen LogP contribution < -0.4 is 5.32 Å². The van der Waals surface area contributed by atoms with Gasteiger partial charge >= 0.3 is 0 Å². The Hall–Kier alpha value is -1.65. The van der Waals surface area contributed by atoms with Gasteiger partial charge in [-0.05, 0) is 37.8 Å². The summed E-state index contributed by atoms with van der Waals surface area (Å²) in [6, 6.07) is 10.4. The molecule has 2 aromatic rings. The van der Waals surface area contributed by atoms with Gasteiger partial charge in [0, 0.05) is 25.4 Å². The Morgan fingerprint density at radius 2 is 2.10 bits per heavy atom. The minimum atomic E-state index is 0.787. The van der Waals surface area contributed by atoms with Crippen LogP contribution in [-0.2, 0) is 11.3 Å². The molecule has 1 saturated carbocycles. The molecule has 0 spiro atoms. The predicted molar refractivity (Wildman–Crippen MR) is 83.6 cm³/mol. The van der Waals surface area contributed by atoms with Gasteiger partial charge < -0.3 is 10.1 Å². The standard InChI is InChI=1S/C17H23N3O/c1-14-19-12-17(20(14)16-5-3-2-4-6-16)11-18-9-10-21-13-15-7-8-15/h2-6,12,15,18H,7-11,13H2,1H3. The minimum Gasteiger partial charge on any atom is -0.380 e. The van der Waals surface area contributed by atoms with Gasteiger partial charge in [-0.15, -0.1) is 0 Å². The molecule has 3 rings (SSSR count). The zero-order chi connectivity index (χ0) is 14.5. The molecular weight excluding hydrogens is 262 g/mol. The van der Waals surface area contributed by atoms with E-state index in [4.69, 9.17) is 4.74 Å². The second-order valence-electron chi connectivity index (χ2n) is 5.66. The van der Waals surface area contributed by atoms with Gasteiger partial charge in [0.05, 0.1) is 18.5 Å². The van der Waals surface area contributed by atoms with E-state index in [0.29, 0.717) is 0 Å². The Bertz CT molecular complexity index is 561. The summed E-state index contributed by atoms with van der Waals surface area (Å²) < 4.78 is 7.82. The Labute approximate surface area is 126 Å². The molecule has 0 amide bonds. The summed E-state index contributed by atoms with van der Waals surface area (Å²) in [5.41, 5.74) is 2.34. The van der Waals surface area contributed by atoms with Crippen LogP contribution in [-0.4, -0.2) is 29.3 Å². The number of nitrogens with one attached hydrogen (secondary N) is 1. The van der Waals surface area contributed by atoms with Crippen molar-refractivity contribution >= 4 is 0 Å². The van der Waals surface area contributed by atoms with Gasteiger partial charge in [0.2, 0.25) is 0 Å². The maximum Gasteiger partial charge on any atom is 0.110 e. The van der Waals surface area contributed by atoms with Crippen LogP contribution in [0.3, 0.4) is 0 Å². The number of imidazole rings is 1. The Kier molecular flexibility index (Phi) is 4.68. The first kappa shape index (κ1) is 14.3. The highest BCUT2D eigenvalue weighted by atomic mass is 16.5. The first-order valence-electron chi connectivity index (χ1n) is 7.71. The fraction of sp³-hybridized carbons (Fsp3) is 0.471. The van der Waals surface area contributed by atoms with Crippen molar-refractivity contribution < 1.29 is 4.74 Å². The molecule has 1 aliphatic carbocycles. The molecule has 1 N–H and O–H groups in total. The molecular formula is C17H23N3O. The number of rotatable bonds is 8. The van der Waals surface area contributed by atoms with Crippen LogP contribution in [0.2, 0.25) is 0 Å². The summed E-state index contributed by atoms with van der Waals surface area (Å²) >= 11 is 0. The normalized spacial score (nSPS) is 14.5. The molecule has 1 aliphatic rings. The molecule has 1 aromatic heterocycles. The molecule has 112 valence electrons. The molecule has 0 atom stereocenters. The van der Waals surface area contributed by atoms with Gasteiger partial charge in [-0.3, -0.25) is 4.57 Å². The van der Waals surface area contributed by atoms with E-state index in [1.807, 2.05) is 19.2 Å². The van der Waals surface area contributed by atoms with E-state index in [9.17, 15) is 0 Å². The van der Waals surface area contributed by atoms with Gasteiger partial charge in [0.25, 0.3) is 0 Å². The number of aromatic nitrogens is 2. The lowest BCUT2D eigenvalue weighted by Crippen LogP contribution is -2.21. The molecule has 0 aliphatic heterocycles. The van der Waals surface area contributed by atoms with E-state index < -0.39 is 0 Å². The summed E-state index contributed by atoms with van der Waals surface area (Å²) in [6.07, 6.45) is 4.65. The highest BCUT2D eigenvalue weighted by Gasteiger charge is 2.20. The third-order valence-corrected chi connectivity index (χ3v) is 3.81. The van der Waals surface area contributed by atoms with Crippen LogP contribution in [0.1, 0.15) is 24.4 Å². The third kappa shape index (κ3) is 3.93. The molecule has 0 unspecified atom stereocenters. The van der Waals surface area contributed by atoms with Gasteiger partial charge in [-0.1, -0.05) is 18.2 Å². The molecule has 0 radical (unpaired) electrons. The zero-order valence-corrected chi connectivity index (χ0v) is 12.6. The van der Waals surface area contributed by atoms with Crippen LogP contribution >= 0.6 is 0 Å². The van der Waals surface area contributed by atoms with E-state index in [1.54, 1.807) is 0 Å². The van der Waals surface area contributed by atoms with E-state index >= 15 is 0 Å². The maximum absolute atomic E-state index is 5.63. The average Bonchev–Trinajstić information content (AvgIpc) is 3.26. The number of benzene rings is 1. The lowest BCUT2D eigenvalue weighted by molar-refractivity contribution is 0.126. The highest BCUT2D eigenvalue weighted by Crippen LogP contribution is 2.28. The monoisotopic (exact) mass is 285 g/mol. The number of aryl methyl sites for hydroxylation is 1. The van der Waals surface area contributed by atoms with Crippen molar-refractivity contribution in [1.29, 1.82) is 0 Å². The first-order chi connectivity index (χ1) is 10.3. The minimum absolute atomic E-state index is 0.787. The van der Waals surface area contributed by atoms with E-state index in [0.717, 1.165) is 43.7 Å². The summed E-state index contributed by atoms with van der Waals surface area (Å²) in [5, 5.41) is 3.43. The van der Waals surface area contributed by atoms with Crippen molar-refractivity contribution in [2.75, 3.05) is 19.8 Å². The molecule has 0 bridgehead atoms. The summed E-state index contributed by atoms with van der Waals surface area (Å²) in [4.78, 5) is 4.43. The fourth-order valence-corrected chi connectivity index (χ4v) is 2.44. The second-order valence-corrected chi connectivity index (χ2v) is 5.66. The number of nitrogens with zero attached hydrogens (tertiary/aromatic N) is 2. The first-order valence-corrected chi connectivity index (χ1v) is 7.71. The molecule has 21 heavy (non-hydrogen) atoms. The lowest BCUT2D eigenvalue weighted by atomic mass is 10.3. The summed E-state index contributed by atoms with van der Waals surface area (Å²) in [5.74, 6) is 1.86. The number of hydrogen-bond acceptors (Lipinski definition) is 3. The van der Waals surface area contributed by atoms with Crippen molar-refractivity contribution in [3.05, 3.63) is 48.0 Å². The van der Waals surface area contributed by atoms with Gasteiger partial charge in [0.1, 0.15) is 5.82 Å². The van der Waals surface area contributed by atoms with Crippen molar-refractivity contribution in [3.63, 3.8) is 0 Å². The van der Waals surface area contributed by atoms with Gasteiger partial charge in [-0.2, -0.15) is 0 Å². The van der Waals surface area contributed by atoms with Crippen molar-refractivity contribution in [2.24, 2.45) is 5.92 Å². The summed E-state index contributed by atoms with van der Waals surface area (Å²) in [7, 11) is 0. The lowest BCUT2D eigenvalue weighted by Gasteiger charge is -2.11. The van der Waals surface area contributed by atoms with E-state index in [-0.39, 0.29) is 0 Å². The topological polar surface area (TPSA) is 39.1 Å². The van der Waals surface area contributed by atoms with Crippen LogP contribution in [0, 0.1) is 12.8 Å². The quantitative estimate of drug-likeness (QED) is 0.758. The maximum atomic E-state index is 5.63. The predicted octanol–water partition coefficient (Wildman–Crippen LogP) is 2.70. The molecule has 1 fully saturated rings. The fourth-order valence-electron chi connectivity index (χ4n) is 2.44. The van der Waals surface area contributed by atoms with Gasteiger partial charge in [-0.25, -0.2) is 4.98 Å². The molecule has 1 heterocycles. The van der Waals surface area contributed by atoms with Crippen molar-refractivity contribution in [3.8, 4) is 5.69 Å². The van der Waals surface area contributed by atoms with Gasteiger partial charge in [0.15, 0.2) is 0 Å². The number of ether oxygens (including phenoxy) is 1. The Balaban J connectivity index is 1.51. The SMILES string of the molecule is Cc1ncc(CNCCOCC2CC2)n1-c1ccccc1. The number of para-hydroxylation sites is 1. The zero-order valence-electron chi connectivity index (χ0n) is 12.6. The van der Waals surface area contributed by atoms with Crippen LogP contribution in [0.5, 0.6) is 0 Å². The largest absolute Gasteiger partial charge is 0.380 e. The molecule has 4 heteroatoms.